The van der Waals surface area contributed by atoms with Gasteiger partial charge in [-0.25, -0.2) is 0 Å². The topological polar surface area (TPSA) is 94.2 Å². The summed E-state index contributed by atoms with van der Waals surface area (Å²) in [6.45, 7) is 0.233. The van der Waals surface area contributed by atoms with Crippen LogP contribution in [0.4, 0.5) is 0 Å². The lowest BCUT2D eigenvalue weighted by atomic mass is 9.90. The average molecular weight is 649 g/mol. The van der Waals surface area contributed by atoms with Crippen molar-refractivity contribution in [2.75, 3.05) is 27.9 Å². The number of methoxy groups -OCH3 is 3. The van der Waals surface area contributed by atoms with E-state index in [1.807, 2.05) is 60.7 Å². The maximum atomic E-state index is 14.3. The zero-order valence-electron chi connectivity index (χ0n) is 27.9. The van der Waals surface area contributed by atoms with Gasteiger partial charge in [0, 0.05) is 18.2 Å². The van der Waals surface area contributed by atoms with Gasteiger partial charge in [0.05, 0.1) is 21.3 Å². The molecule has 0 bridgehead atoms. The Morgan fingerprint density at radius 2 is 1.29 bits per heavy atom. The van der Waals surface area contributed by atoms with E-state index in [0.717, 1.165) is 49.7 Å². The number of ether oxygens (including phenoxy) is 3. The monoisotopic (exact) mass is 648 g/mol. The Balaban J connectivity index is 1.38. The molecule has 4 aromatic carbocycles. The van der Waals surface area contributed by atoms with Crippen molar-refractivity contribution < 1.29 is 28.6 Å². The summed E-state index contributed by atoms with van der Waals surface area (Å²) in [5.74, 6) is -0.950. The Morgan fingerprint density at radius 1 is 0.750 bits per heavy atom. The highest BCUT2D eigenvalue weighted by atomic mass is 16.5. The Bertz CT molecular complexity index is 1620. The van der Waals surface area contributed by atoms with Crippen molar-refractivity contribution in [2.45, 2.75) is 57.0 Å². The molecule has 0 fully saturated rings. The number of fused-ring (bicyclic) bond motifs is 1. The zero-order chi connectivity index (χ0) is 33.9. The number of benzene rings is 4. The Labute approximate surface area is 283 Å². The van der Waals surface area contributed by atoms with E-state index in [1.165, 1.54) is 49.5 Å². The third-order valence-electron chi connectivity index (χ3n) is 8.98. The number of Topliss-reactive ketones (excluding diaryl/α,β-unsaturated/α-hetero) is 1. The fraction of sp³-hybridized carbons (Fsp3) is 0.325. The Morgan fingerprint density at radius 3 is 1.83 bits per heavy atom. The predicted octanol–water partition coefficient (Wildman–Crippen LogP) is 6.55. The minimum absolute atomic E-state index is 0.0900. The van der Waals surface area contributed by atoms with Gasteiger partial charge >= 0.3 is 0 Å². The standard InChI is InChI=1S/C40H44N2O6/c1-46-34-26-31(27-35(47-2)38(34)48-3)37(43)40(45)42-25-24-30-20-10-11-23-33(30)36(42)39(44)41-32(21-12-18-28-14-6-4-7-15-28)22-13-19-29-16-8-5-9-17-29/h4-11,14-17,20,23,26-27,32,36H,12-13,18-19,21-22,24-25H2,1-3H3,(H,41,44). The van der Waals surface area contributed by atoms with Crippen molar-refractivity contribution in [3.8, 4) is 17.2 Å². The first-order valence-corrected chi connectivity index (χ1v) is 16.5. The highest BCUT2D eigenvalue weighted by Crippen LogP contribution is 2.39. The molecular formula is C40H44N2O6. The van der Waals surface area contributed by atoms with Crippen LogP contribution in [0.15, 0.2) is 97.1 Å². The van der Waals surface area contributed by atoms with Crippen molar-refractivity contribution in [3.05, 3.63) is 125 Å². The minimum atomic E-state index is -0.945. The second kappa shape index (κ2) is 16.6. The van der Waals surface area contributed by atoms with Crippen LogP contribution in [-0.2, 0) is 28.9 Å². The zero-order valence-corrected chi connectivity index (χ0v) is 27.9. The Hall–Kier alpha value is -5.11. The summed E-state index contributed by atoms with van der Waals surface area (Å²) in [4.78, 5) is 43.5. The molecule has 48 heavy (non-hydrogen) atoms. The van der Waals surface area contributed by atoms with Crippen LogP contribution in [0, 0.1) is 0 Å². The fourth-order valence-corrected chi connectivity index (χ4v) is 6.50. The molecule has 0 spiro atoms. The van der Waals surface area contributed by atoms with Crippen molar-refractivity contribution in [3.63, 3.8) is 0 Å². The quantitative estimate of drug-likeness (QED) is 0.116. The first kappa shape index (κ1) is 34.2. The van der Waals surface area contributed by atoms with Gasteiger partial charge in [-0.2, -0.15) is 0 Å². The molecule has 0 saturated heterocycles. The van der Waals surface area contributed by atoms with Gasteiger partial charge in [0.25, 0.3) is 11.7 Å². The lowest BCUT2D eigenvalue weighted by molar-refractivity contribution is -0.138. The molecule has 250 valence electrons. The molecule has 2 amide bonds. The van der Waals surface area contributed by atoms with Gasteiger partial charge < -0.3 is 24.4 Å². The number of carbonyl (C=O) groups excluding carboxylic acids is 3. The molecule has 8 nitrogen and oxygen atoms in total. The molecule has 0 saturated carbocycles. The van der Waals surface area contributed by atoms with Crippen molar-refractivity contribution >= 4 is 17.6 Å². The average Bonchev–Trinajstić information content (AvgIpc) is 3.13. The van der Waals surface area contributed by atoms with Gasteiger partial charge in [0.15, 0.2) is 11.5 Å². The van der Waals surface area contributed by atoms with E-state index in [0.29, 0.717) is 12.2 Å². The number of rotatable bonds is 15. The smallest absolute Gasteiger partial charge is 0.295 e. The number of aryl methyl sites for hydroxylation is 2. The molecule has 4 aromatic rings. The van der Waals surface area contributed by atoms with Crippen LogP contribution in [-0.4, -0.2) is 56.4 Å². The minimum Gasteiger partial charge on any atom is -0.493 e. The molecule has 1 N–H and O–H groups in total. The lowest BCUT2D eigenvalue weighted by Crippen LogP contribution is -2.51. The third kappa shape index (κ3) is 8.23. The molecule has 0 aliphatic carbocycles. The maximum Gasteiger partial charge on any atom is 0.295 e. The van der Waals surface area contributed by atoms with E-state index < -0.39 is 17.7 Å². The summed E-state index contributed by atoms with van der Waals surface area (Å²) in [5.41, 5.74) is 4.34. The summed E-state index contributed by atoms with van der Waals surface area (Å²) in [7, 11) is 4.37. The number of nitrogens with zero attached hydrogens (tertiary/aromatic N) is 1. The number of hydrogen-bond acceptors (Lipinski definition) is 6. The van der Waals surface area contributed by atoms with E-state index in [1.54, 1.807) is 0 Å². The Kier molecular flexibility index (Phi) is 11.9. The van der Waals surface area contributed by atoms with Crippen LogP contribution in [0.1, 0.15) is 64.3 Å². The van der Waals surface area contributed by atoms with E-state index in [2.05, 4.69) is 29.6 Å². The van der Waals surface area contributed by atoms with E-state index in [-0.39, 0.29) is 35.6 Å². The third-order valence-corrected chi connectivity index (χ3v) is 8.98. The normalized spacial score (nSPS) is 13.8. The van der Waals surface area contributed by atoms with Gasteiger partial charge in [0.2, 0.25) is 11.7 Å². The first-order chi connectivity index (χ1) is 23.4. The van der Waals surface area contributed by atoms with Crippen LogP contribution < -0.4 is 19.5 Å². The molecule has 1 aliphatic heterocycles. The predicted molar refractivity (Wildman–Crippen MR) is 186 cm³/mol. The number of amides is 2. The van der Waals surface area contributed by atoms with Crippen LogP contribution in [0.25, 0.3) is 0 Å². The van der Waals surface area contributed by atoms with Crippen molar-refractivity contribution in [2.24, 2.45) is 0 Å². The fourth-order valence-electron chi connectivity index (χ4n) is 6.50. The molecule has 1 heterocycles. The lowest BCUT2D eigenvalue weighted by Gasteiger charge is -2.37. The number of nitrogens with one attached hydrogen (secondary N) is 1. The van der Waals surface area contributed by atoms with Crippen molar-refractivity contribution in [1.82, 2.24) is 10.2 Å². The molecular weight excluding hydrogens is 604 g/mol. The maximum absolute atomic E-state index is 14.3. The van der Waals surface area contributed by atoms with Gasteiger partial charge in [-0.05, 0) is 79.3 Å². The number of ketones is 1. The van der Waals surface area contributed by atoms with Crippen molar-refractivity contribution in [1.29, 1.82) is 0 Å². The van der Waals surface area contributed by atoms with E-state index in [4.69, 9.17) is 14.2 Å². The number of hydrogen-bond donors (Lipinski definition) is 1. The number of carbonyl (C=O) groups is 3. The SMILES string of the molecule is COc1cc(C(=O)C(=O)N2CCc3ccccc3C2C(=O)NC(CCCc2ccccc2)CCCc2ccccc2)cc(OC)c1OC. The second-order valence-corrected chi connectivity index (χ2v) is 12.1. The molecule has 5 rings (SSSR count). The van der Waals surface area contributed by atoms with E-state index in [9.17, 15) is 14.4 Å². The highest BCUT2D eigenvalue weighted by Gasteiger charge is 2.39. The molecule has 0 aromatic heterocycles. The van der Waals surface area contributed by atoms with Gasteiger partial charge in [-0.15, -0.1) is 0 Å². The van der Waals surface area contributed by atoms with E-state index >= 15 is 0 Å². The second-order valence-electron chi connectivity index (χ2n) is 12.1. The van der Waals surface area contributed by atoms with Gasteiger partial charge in [-0.3, -0.25) is 14.4 Å². The van der Waals surface area contributed by atoms with Crippen LogP contribution in [0.5, 0.6) is 17.2 Å². The molecule has 0 radical (unpaired) electrons. The summed E-state index contributed by atoms with van der Waals surface area (Å²) < 4.78 is 16.2. The van der Waals surface area contributed by atoms with Gasteiger partial charge in [0.1, 0.15) is 6.04 Å². The summed E-state index contributed by atoms with van der Waals surface area (Å²) in [6, 6.07) is 30.2. The van der Waals surface area contributed by atoms with Crippen LogP contribution in [0.2, 0.25) is 0 Å². The van der Waals surface area contributed by atoms with Gasteiger partial charge in [-0.1, -0.05) is 84.9 Å². The molecule has 1 atom stereocenters. The summed E-state index contributed by atoms with van der Waals surface area (Å²) >= 11 is 0. The highest BCUT2D eigenvalue weighted by molar-refractivity contribution is 6.43. The summed E-state index contributed by atoms with van der Waals surface area (Å²) in [6.07, 6.45) is 5.75. The molecule has 1 unspecified atom stereocenters. The molecule has 1 aliphatic rings. The summed E-state index contributed by atoms with van der Waals surface area (Å²) in [5, 5.41) is 3.31. The largest absolute Gasteiger partial charge is 0.493 e. The molecule has 8 heteroatoms. The first-order valence-electron chi connectivity index (χ1n) is 16.5. The van der Waals surface area contributed by atoms with Crippen LogP contribution >= 0.6 is 0 Å². The van der Waals surface area contributed by atoms with Crippen LogP contribution in [0.3, 0.4) is 0 Å².